The zero-order valence-electron chi connectivity index (χ0n) is 11.6. The van der Waals surface area contributed by atoms with Crippen molar-refractivity contribution in [1.29, 1.82) is 0 Å². The molecule has 0 spiro atoms. The molecular formula is C13H23N3O2. The van der Waals surface area contributed by atoms with Gasteiger partial charge in [0, 0.05) is 5.56 Å². The average molecular weight is 253 g/mol. The molecule has 0 aromatic carbocycles. The van der Waals surface area contributed by atoms with Crippen molar-refractivity contribution in [1.82, 2.24) is 10.5 Å². The third-order valence-corrected chi connectivity index (χ3v) is 3.09. The van der Waals surface area contributed by atoms with Crippen LogP contribution in [0, 0.1) is 13.8 Å². The van der Waals surface area contributed by atoms with Crippen LogP contribution in [0.15, 0.2) is 4.52 Å². The van der Waals surface area contributed by atoms with E-state index < -0.39 is 6.04 Å². The number of nitrogens with one attached hydrogen (secondary N) is 1. The van der Waals surface area contributed by atoms with Crippen LogP contribution >= 0.6 is 0 Å². The van der Waals surface area contributed by atoms with Crippen molar-refractivity contribution in [3.63, 3.8) is 0 Å². The smallest absolute Gasteiger partial charge is 0.237 e. The van der Waals surface area contributed by atoms with Crippen LogP contribution in [0.5, 0.6) is 0 Å². The largest absolute Gasteiger partial charge is 0.361 e. The Bertz CT molecular complexity index is 381. The first-order valence-corrected chi connectivity index (χ1v) is 6.46. The van der Waals surface area contributed by atoms with Crippen LogP contribution in [0.2, 0.25) is 0 Å². The number of amides is 1. The highest BCUT2D eigenvalue weighted by Crippen LogP contribution is 2.20. The lowest BCUT2D eigenvalue weighted by Crippen LogP contribution is -2.41. The Labute approximate surface area is 108 Å². The lowest BCUT2D eigenvalue weighted by Gasteiger charge is -2.17. The number of aryl methyl sites for hydroxylation is 2. The van der Waals surface area contributed by atoms with Crippen molar-refractivity contribution in [2.75, 3.05) is 0 Å². The summed E-state index contributed by atoms with van der Waals surface area (Å²) in [5, 5.41) is 6.79. The maximum atomic E-state index is 11.9. The van der Waals surface area contributed by atoms with Crippen molar-refractivity contribution in [2.24, 2.45) is 5.73 Å². The molecule has 2 atom stereocenters. The van der Waals surface area contributed by atoms with Crippen molar-refractivity contribution >= 4 is 5.91 Å². The molecule has 1 rings (SSSR count). The number of carbonyl (C=O) groups excluding carboxylic acids is 1. The summed E-state index contributed by atoms with van der Waals surface area (Å²) in [6.07, 6.45) is 2.73. The zero-order chi connectivity index (χ0) is 13.7. The van der Waals surface area contributed by atoms with Gasteiger partial charge in [0.15, 0.2) is 0 Å². The van der Waals surface area contributed by atoms with Crippen molar-refractivity contribution in [3.05, 3.63) is 17.0 Å². The van der Waals surface area contributed by atoms with E-state index in [0.717, 1.165) is 36.3 Å². The summed E-state index contributed by atoms with van der Waals surface area (Å²) in [7, 11) is 0. The van der Waals surface area contributed by atoms with Gasteiger partial charge >= 0.3 is 0 Å². The molecular weight excluding hydrogens is 230 g/mol. The van der Waals surface area contributed by atoms with Crippen LogP contribution in [-0.2, 0) is 4.79 Å². The molecule has 1 aromatic rings. The number of hydrogen-bond donors (Lipinski definition) is 2. The first-order chi connectivity index (χ1) is 8.47. The monoisotopic (exact) mass is 253 g/mol. The third-order valence-electron chi connectivity index (χ3n) is 3.09. The van der Waals surface area contributed by atoms with E-state index in [1.165, 1.54) is 0 Å². The molecule has 1 heterocycles. The average Bonchev–Trinajstić information content (AvgIpc) is 2.65. The quantitative estimate of drug-likeness (QED) is 0.812. The van der Waals surface area contributed by atoms with Gasteiger partial charge < -0.3 is 15.6 Å². The number of nitrogens with zero attached hydrogens (tertiary/aromatic N) is 1. The number of unbranched alkanes of at least 4 members (excludes halogenated alkanes) is 1. The summed E-state index contributed by atoms with van der Waals surface area (Å²) < 4.78 is 5.09. The standard InChI is InChI=1S/C13H23N3O2/c1-5-6-7-11(14)13(17)15-8(2)12-9(3)16-18-10(12)4/h8,11H,5-7,14H2,1-4H3,(H,15,17). The molecule has 2 unspecified atom stereocenters. The summed E-state index contributed by atoms with van der Waals surface area (Å²) >= 11 is 0. The van der Waals surface area contributed by atoms with E-state index in [-0.39, 0.29) is 11.9 Å². The number of hydrogen-bond acceptors (Lipinski definition) is 4. The Kier molecular flexibility index (Phi) is 5.34. The highest BCUT2D eigenvalue weighted by Gasteiger charge is 2.20. The number of rotatable bonds is 6. The van der Waals surface area contributed by atoms with E-state index >= 15 is 0 Å². The van der Waals surface area contributed by atoms with Crippen LogP contribution in [0.25, 0.3) is 0 Å². The fraction of sp³-hybridized carbons (Fsp3) is 0.692. The Morgan fingerprint density at radius 3 is 2.67 bits per heavy atom. The van der Waals surface area contributed by atoms with Gasteiger partial charge in [-0.3, -0.25) is 4.79 Å². The first kappa shape index (κ1) is 14.7. The molecule has 0 fully saturated rings. The van der Waals surface area contributed by atoms with E-state index in [2.05, 4.69) is 17.4 Å². The molecule has 5 nitrogen and oxygen atoms in total. The lowest BCUT2D eigenvalue weighted by molar-refractivity contribution is -0.123. The highest BCUT2D eigenvalue weighted by molar-refractivity contribution is 5.81. The van der Waals surface area contributed by atoms with E-state index in [0.29, 0.717) is 0 Å². The summed E-state index contributed by atoms with van der Waals surface area (Å²) in [5.74, 6) is 0.623. The van der Waals surface area contributed by atoms with Crippen LogP contribution in [0.4, 0.5) is 0 Å². The van der Waals surface area contributed by atoms with E-state index in [4.69, 9.17) is 10.3 Å². The Hall–Kier alpha value is -1.36. The number of nitrogens with two attached hydrogens (primary N) is 1. The van der Waals surface area contributed by atoms with Gasteiger partial charge in [-0.1, -0.05) is 24.9 Å². The first-order valence-electron chi connectivity index (χ1n) is 6.46. The molecule has 3 N–H and O–H groups in total. The second-order valence-corrected chi connectivity index (χ2v) is 4.72. The third kappa shape index (κ3) is 3.57. The van der Waals surface area contributed by atoms with E-state index in [1.54, 1.807) is 0 Å². The van der Waals surface area contributed by atoms with Gasteiger partial charge in [-0.15, -0.1) is 0 Å². The molecule has 0 aliphatic carbocycles. The molecule has 0 bridgehead atoms. The van der Waals surface area contributed by atoms with Gasteiger partial charge in [0.2, 0.25) is 5.91 Å². The fourth-order valence-electron chi connectivity index (χ4n) is 2.06. The second-order valence-electron chi connectivity index (χ2n) is 4.72. The van der Waals surface area contributed by atoms with Crippen molar-refractivity contribution in [2.45, 2.75) is 59.0 Å². The number of aromatic nitrogens is 1. The molecule has 1 aromatic heterocycles. The second kappa shape index (κ2) is 6.54. The predicted molar refractivity (Wildman–Crippen MR) is 70.0 cm³/mol. The Balaban J connectivity index is 2.59. The summed E-state index contributed by atoms with van der Waals surface area (Å²) in [4.78, 5) is 11.9. The zero-order valence-corrected chi connectivity index (χ0v) is 11.6. The number of carbonyl (C=O) groups is 1. The van der Waals surface area contributed by atoms with Gasteiger partial charge in [0.1, 0.15) is 5.76 Å². The van der Waals surface area contributed by atoms with Crippen LogP contribution in [0.3, 0.4) is 0 Å². The molecule has 0 radical (unpaired) electrons. The molecule has 0 aliphatic heterocycles. The SMILES string of the molecule is CCCCC(N)C(=O)NC(C)c1c(C)noc1C. The maximum absolute atomic E-state index is 11.9. The summed E-state index contributed by atoms with van der Waals surface area (Å²) in [6, 6.07) is -0.565. The van der Waals surface area contributed by atoms with Gasteiger partial charge in [-0.2, -0.15) is 0 Å². The molecule has 18 heavy (non-hydrogen) atoms. The summed E-state index contributed by atoms with van der Waals surface area (Å²) in [5.41, 5.74) is 7.57. The van der Waals surface area contributed by atoms with Crippen molar-refractivity contribution < 1.29 is 9.32 Å². The topological polar surface area (TPSA) is 81.2 Å². The van der Waals surface area contributed by atoms with Gasteiger partial charge in [-0.25, -0.2) is 0 Å². The highest BCUT2D eigenvalue weighted by atomic mass is 16.5. The molecule has 1 amide bonds. The van der Waals surface area contributed by atoms with E-state index in [9.17, 15) is 4.79 Å². The van der Waals surface area contributed by atoms with Crippen LogP contribution in [-0.4, -0.2) is 17.1 Å². The minimum atomic E-state index is -0.437. The van der Waals surface area contributed by atoms with E-state index in [1.807, 2.05) is 20.8 Å². The van der Waals surface area contributed by atoms with Crippen LogP contribution < -0.4 is 11.1 Å². The molecule has 0 aliphatic rings. The van der Waals surface area contributed by atoms with Crippen LogP contribution in [0.1, 0.15) is 56.2 Å². The normalized spacial score (nSPS) is 14.3. The Morgan fingerprint density at radius 2 is 2.17 bits per heavy atom. The van der Waals surface area contributed by atoms with Crippen molar-refractivity contribution in [3.8, 4) is 0 Å². The molecule has 5 heteroatoms. The molecule has 0 saturated heterocycles. The summed E-state index contributed by atoms with van der Waals surface area (Å²) in [6.45, 7) is 7.70. The van der Waals surface area contributed by atoms with Gasteiger partial charge in [-0.05, 0) is 27.2 Å². The fourth-order valence-corrected chi connectivity index (χ4v) is 2.06. The lowest BCUT2D eigenvalue weighted by atomic mass is 10.1. The minimum absolute atomic E-state index is 0.115. The molecule has 102 valence electrons. The van der Waals surface area contributed by atoms with Gasteiger partial charge in [0.25, 0.3) is 0 Å². The Morgan fingerprint density at radius 1 is 1.50 bits per heavy atom. The maximum Gasteiger partial charge on any atom is 0.237 e. The molecule has 0 saturated carbocycles. The minimum Gasteiger partial charge on any atom is -0.361 e. The van der Waals surface area contributed by atoms with Gasteiger partial charge in [0.05, 0.1) is 17.8 Å². The predicted octanol–water partition coefficient (Wildman–Crippen LogP) is 1.99.